The fourth-order valence-electron chi connectivity index (χ4n) is 6.03. The molecule has 5 heteroatoms. The molecule has 2 fully saturated rings. The minimum absolute atomic E-state index is 0.470. The van der Waals surface area contributed by atoms with Crippen molar-refractivity contribution in [3.05, 3.63) is 72.4 Å². The Bertz CT molecular complexity index is 1190. The Balaban J connectivity index is 1.24. The largest absolute Gasteiger partial charge is 0.497 e. The average molecular weight is 481 g/mol. The number of hydrogen-bond donors (Lipinski definition) is 1. The third-order valence-corrected chi connectivity index (χ3v) is 7.92. The summed E-state index contributed by atoms with van der Waals surface area (Å²) in [5.74, 6) is 3.22. The van der Waals surface area contributed by atoms with Crippen molar-refractivity contribution in [2.75, 3.05) is 30.4 Å². The number of rotatable bonds is 7. The number of pyridine rings is 1. The van der Waals surface area contributed by atoms with Crippen LogP contribution in [0.25, 0.3) is 11.1 Å². The molecule has 1 aromatic heterocycles. The van der Waals surface area contributed by atoms with Gasteiger partial charge in [-0.15, -0.1) is 0 Å². The maximum Gasteiger partial charge on any atom is 0.126 e. The van der Waals surface area contributed by atoms with Crippen LogP contribution in [0.1, 0.15) is 50.5 Å². The molecule has 0 unspecified atom stereocenters. The van der Waals surface area contributed by atoms with Crippen molar-refractivity contribution in [2.24, 2.45) is 11.8 Å². The molecule has 3 atom stereocenters. The number of nitrogens with one attached hydrogen (secondary N) is 1. The number of nitrogens with zero attached hydrogens (tertiary/aromatic N) is 3. The van der Waals surface area contributed by atoms with Crippen LogP contribution in [0.15, 0.2) is 66.9 Å². The van der Waals surface area contributed by atoms with E-state index in [9.17, 15) is 0 Å². The molecule has 5 nitrogen and oxygen atoms in total. The van der Waals surface area contributed by atoms with Crippen LogP contribution in [0.4, 0.5) is 11.5 Å². The van der Waals surface area contributed by atoms with Crippen LogP contribution in [-0.2, 0) is 0 Å². The van der Waals surface area contributed by atoms with Crippen molar-refractivity contribution >= 4 is 11.5 Å². The molecule has 1 N–H and O–H groups in total. The summed E-state index contributed by atoms with van der Waals surface area (Å²) in [5, 5.41) is 12.9. The van der Waals surface area contributed by atoms with Crippen LogP contribution in [-0.4, -0.2) is 31.2 Å². The highest BCUT2D eigenvalue weighted by Gasteiger charge is 2.30. The number of piperidine rings is 1. The van der Waals surface area contributed by atoms with E-state index in [1.807, 2.05) is 30.5 Å². The second-order valence-electron chi connectivity index (χ2n) is 10.3. The molecule has 2 heterocycles. The summed E-state index contributed by atoms with van der Waals surface area (Å²) in [6.45, 7) is 2.22. The molecule has 36 heavy (non-hydrogen) atoms. The van der Waals surface area contributed by atoms with Crippen LogP contribution < -0.4 is 15.0 Å². The van der Waals surface area contributed by atoms with E-state index in [0.29, 0.717) is 17.9 Å². The molecule has 0 bridgehead atoms. The van der Waals surface area contributed by atoms with Gasteiger partial charge in [0.05, 0.1) is 18.7 Å². The number of methoxy groups -OCH3 is 1. The van der Waals surface area contributed by atoms with E-state index in [0.717, 1.165) is 41.3 Å². The summed E-state index contributed by atoms with van der Waals surface area (Å²) >= 11 is 0. The number of nitriles is 1. The molecule has 0 amide bonds. The van der Waals surface area contributed by atoms with E-state index in [-0.39, 0.29) is 0 Å². The molecular weight excluding hydrogens is 444 g/mol. The topological polar surface area (TPSA) is 61.2 Å². The van der Waals surface area contributed by atoms with Crippen molar-refractivity contribution in [3.8, 4) is 22.9 Å². The Kier molecular flexibility index (Phi) is 7.71. The molecule has 186 valence electrons. The molecule has 1 aliphatic carbocycles. The van der Waals surface area contributed by atoms with Crippen molar-refractivity contribution in [1.29, 1.82) is 5.26 Å². The van der Waals surface area contributed by atoms with E-state index >= 15 is 0 Å². The predicted octanol–water partition coefficient (Wildman–Crippen LogP) is 6.91. The molecule has 0 spiro atoms. The lowest BCUT2D eigenvalue weighted by atomic mass is 9.77. The molecule has 2 aliphatic rings. The minimum Gasteiger partial charge on any atom is -0.497 e. The first-order valence-electron chi connectivity index (χ1n) is 13.3. The van der Waals surface area contributed by atoms with Gasteiger partial charge in [0.2, 0.25) is 0 Å². The molecule has 1 aliphatic heterocycles. The van der Waals surface area contributed by atoms with Gasteiger partial charge in [-0.05, 0) is 104 Å². The first-order valence-corrected chi connectivity index (χ1v) is 13.3. The lowest BCUT2D eigenvalue weighted by molar-refractivity contribution is 0.247. The van der Waals surface area contributed by atoms with E-state index in [1.165, 1.54) is 50.6 Å². The van der Waals surface area contributed by atoms with E-state index in [4.69, 9.17) is 10.00 Å². The van der Waals surface area contributed by atoms with E-state index in [2.05, 4.69) is 57.7 Å². The molecule has 0 radical (unpaired) electrons. The normalized spacial score (nSPS) is 22.0. The van der Waals surface area contributed by atoms with Gasteiger partial charge in [0.25, 0.3) is 0 Å². The number of ether oxygens (including phenoxy) is 1. The smallest absolute Gasteiger partial charge is 0.126 e. The average Bonchev–Trinajstić information content (AvgIpc) is 2.94. The first-order chi connectivity index (χ1) is 17.7. The molecule has 5 rings (SSSR count). The maximum atomic E-state index is 9.11. The summed E-state index contributed by atoms with van der Waals surface area (Å²) in [4.78, 5) is 7.19. The van der Waals surface area contributed by atoms with Gasteiger partial charge in [0.15, 0.2) is 0 Å². The van der Waals surface area contributed by atoms with Gasteiger partial charge in [-0.2, -0.15) is 5.26 Å². The molecular formula is C31H36N4O. The Morgan fingerprint density at radius 2 is 1.83 bits per heavy atom. The van der Waals surface area contributed by atoms with Gasteiger partial charge < -0.3 is 15.0 Å². The first kappa shape index (κ1) is 24.2. The van der Waals surface area contributed by atoms with Gasteiger partial charge in [-0.1, -0.05) is 25.0 Å². The molecule has 1 saturated heterocycles. The Morgan fingerprint density at radius 1 is 1.00 bits per heavy atom. The van der Waals surface area contributed by atoms with Gasteiger partial charge in [-0.25, -0.2) is 4.98 Å². The van der Waals surface area contributed by atoms with Gasteiger partial charge in [0.1, 0.15) is 11.6 Å². The molecule has 1 saturated carbocycles. The number of anilines is 2. The SMILES string of the molecule is COc1cccc(-c2ccnc(N[C@@H]3CCCC[C@H]3C[C@H]3CCCN(c4ccc(C#N)cc4)C3)c2)c1. The van der Waals surface area contributed by atoms with E-state index in [1.54, 1.807) is 7.11 Å². The minimum atomic E-state index is 0.470. The predicted molar refractivity (Wildman–Crippen MR) is 146 cm³/mol. The Hall–Kier alpha value is -3.52. The van der Waals surface area contributed by atoms with Crippen molar-refractivity contribution in [2.45, 2.75) is 51.0 Å². The maximum absolute atomic E-state index is 9.11. The summed E-state index contributed by atoms with van der Waals surface area (Å²) in [5.41, 5.74) is 4.28. The second-order valence-corrected chi connectivity index (χ2v) is 10.3. The zero-order chi connectivity index (χ0) is 24.7. The highest BCUT2D eigenvalue weighted by molar-refractivity contribution is 5.67. The summed E-state index contributed by atoms with van der Waals surface area (Å²) < 4.78 is 5.41. The Labute approximate surface area is 215 Å². The monoisotopic (exact) mass is 480 g/mol. The highest BCUT2D eigenvalue weighted by atomic mass is 16.5. The molecule has 3 aromatic rings. The van der Waals surface area contributed by atoms with Gasteiger partial charge in [-0.3, -0.25) is 0 Å². The quantitative estimate of drug-likeness (QED) is 0.398. The lowest BCUT2D eigenvalue weighted by Crippen LogP contribution is -2.39. The van der Waals surface area contributed by atoms with Crippen molar-refractivity contribution < 1.29 is 4.74 Å². The number of aromatic nitrogens is 1. The zero-order valence-corrected chi connectivity index (χ0v) is 21.2. The van der Waals surface area contributed by atoms with Crippen LogP contribution in [0.5, 0.6) is 5.75 Å². The fourth-order valence-corrected chi connectivity index (χ4v) is 6.03. The van der Waals surface area contributed by atoms with Gasteiger partial charge in [0, 0.05) is 31.0 Å². The third kappa shape index (κ3) is 5.82. The van der Waals surface area contributed by atoms with Crippen molar-refractivity contribution in [1.82, 2.24) is 4.98 Å². The summed E-state index contributed by atoms with van der Waals surface area (Å²) in [6, 6.07) is 23.2. The zero-order valence-electron chi connectivity index (χ0n) is 21.2. The fraction of sp³-hybridized carbons (Fsp3) is 0.419. The summed E-state index contributed by atoms with van der Waals surface area (Å²) in [7, 11) is 1.71. The third-order valence-electron chi connectivity index (χ3n) is 7.92. The van der Waals surface area contributed by atoms with Gasteiger partial charge >= 0.3 is 0 Å². The number of benzene rings is 2. The molecule has 2 aromatic carbocycles. The second kappa shape index (κ2) is 11.5. The van der Waals surface area contributed by atoms with Crippen LogP contribution in [0.2, 0.25) is 0 Å². The van der Waals surface area contributed by atoms with E-state index < -0.39 is 0 Å². The van der Waals surface area contributed by atoms with Crippen LogP contribution in [0.3, 0.4) is 0 Å². The van der Waals surface area contributed by atoms with Crippen LogP contribution in [0, 0.1) is 23.2 Å². The van der Waals surface area contributed by atoms with Crippen LogP contribution >= 0.6 is 0 Å². The highest BCUT2D eigenvalue weighted by Crippen LogP contribution is 2.35. The Morgan fingerprint density at radius 3 is 2.67 bits per heavy atom. The van der Waals surface area contributed by atoms with Crippen molar-refractivity contribution in [3.63, 3.8) is 0 Å². The number of hydrogen-bond acceptors (Lipinski definition) is 5. The standard InChI is InChI=1S/C31H36N4O/c1-36-29-9-4-8-25(19-29)26-15-16-33-31(20-26)34-30-10-3-2-7-27(30)18-24-6-5-17-35(22-24)28-13-11-23(21-32)12-14-28/h4,8-9,11-16,19-20,24,27,30H,2-3,5-7,10,17-18,22H2,1H3,(H,33,34)/t24-,27+,30-/m1/s1. The summed E-state index contributed by atoms with van der Waals surface area (Å²) in [6.07, 6.45) is 10.8. The lowest BCUT2D eigenvalue weighted by Gasteiger charge is -2.39.